The van der Waals surface area contributed by atoms with Gasteiger partial charge in [-0.15, -0.1) is 13.2 Å². The molecule has 1 aromatic carbocycles. The summed E-state index contributed by atoms with van der Waals surface area (Å²) in [5, 5.41) is 0. The molecule has 0 spiro atoms. The van der Waals surface area contributed by atoms with E-state index in [0.29, 0.717) is 0 Å². The molecule has 0 aromatic heterocycles. The van der Waals surface area contributed by atoms with Crippen molar-refractivity contribution in [2.24, 2.45) is 0 Å². The summed E-state index contributed by atoms with van der Waals surface area (Å²) in [7, 11) is 0. The molecule has 1 nitrogen and oxygen atoms in total. The predicted molar refractivity (Wildman–Crippen MR) is 70.7 cm³/mol. The monoisotopic (exact) mass is 214 g/mol. The average Bonchev–Trinajstić information content (AvgIpc) is 2.29. The number of benzene rings is 1. The van der Waals surface area contributed by atoms with E-state index < -0.39 is 0 Å². The first-order valence-corrected chi connectivity index (χ1v) is 5.52. The van der Waals surface area contributed by atoms with Crippen LogP contribution in [0, 0.1) is 0 Å². The quantitative estimate of drug-likeness (QED) is 0.705. The second-order valence-electron chi connectivity index (χ2n) is 4.09. The van der Waals surface area contributed by atoms with Crippen molar-refractivity contribution in [2.45, 2.75) is 18.4 Å². The molecule has 0 unspecified atom stereocenters. The first-order valence-electron chi connectivity index (χ1n) is 5.52. The van der Waals surface area contributed by atoms with Crippen LogP contribution in [0.2, 0.25) is 0 Å². The summed E-state index contributed by atoms with van der Waals surface area (Å²) in [4.78, 5) is 0. The van der Waals surface area contributed by atoms with Crippen molar-refractivity contribution < 1.29 is 5.73 Å². The van der Waals surface area contributed by atoms with Gasteiger partial charge in [0.05, 0.1) is 0 Å². The van der Waals surface area contributed by atoms with E-state index in [1.165, 1.54) is 5.56 Å². The van der Waals surface area contributed by atoms with Gasteiger partial charge in [-0.3, -0.25) is 0 Å². The van der Waals surface area contributed by atoms with Crippen LogP contribution in [-0.2, 0) is 0 Å². The molecule has 0 saturated heterocycles. The Bertz CT molecular complexity index is 352. The molecule has 1 heteroatoms. The Labute approximate surface area is 98.0 Å². The first kappa shape index (κ1) is 12.5. The zero-order chi connectivity index (χ0) is 11.9. The van der Waals surface area contributed by atoms with Crippen LogP contribution in [0.3, 0.4) is 0 Å². The summed E-state index contributed by atoms with van der Waals surface area (Å²) in [6.07, 6.45) is 9.80. The molecule has 0 saturated carbocycles. The molecule has 0 heterocycles. The van der Waals surface area contributed by atoms with Crippen LogP contribution in [0.4, 0.5) is 0 Å². The van der Waals surface area contributed by atoms with Crippen molar-refractivity contribution in [3.63, 3.8) is 0 Å². The van der Waals surface area contributed by atoms with Gasteiger partial charge in [-0.05, 0) is 11.6 Å². The van der Waals surface area contributed by atoms with Crippen LogP contribution in [0.5, 0.6) is 0 Å². The van der Waals surface area contributed by atoms with Gasteiger partial charge in [-0.1, -0.05) is 48.6 Å². The second-order valence-corrected chi connectivity index (χ2v) is 4.09. The Hall–Kier alpha value is -1.60. The molecule has 0 aliphatic carbocycles. The van der Waals surface area contributed by atoms with Crippen LogP contribution in [-0.4, -0.2) is 5.54 Å². The molecule has 0 amide bonds. The maximum atomic E-state index is 4.23. The first-order chi connectivity index (χ1) is 7.70. The molecule has 0 aliphatic rings. The number of quaternary nitrogens is 1. The van der Waals surface area contributed by atoms with Gasteiger partial charge in [-0.2, -0.15) is 0 Å². The fourth-order valence-corrected chi connectivity index (χ4v) is 1.63. The van der Waals surface area contributed by atoms with E-state index in [9.17, 15) is 0 Å². The van der Waals surface area contributed by atoms with Gasteiger partial charge in [0.1, 0.15) is 5.54 Å². The lowest BCUT2D eigenvalue weighted by atomic mass is 9.91. The lowest BCUT2D eigenvalue weighted by Gasteiger charge is -2.18. The summed E-state index contributed by atoms with van der Waals surface area (Å²) in [6.45, 7) is 7.55. The maximum absolute atomic E-state index is 4.23. The van der Waals surface area contributed by atoms with Crippen LogP contribution in [0.1, 0.15) is 18.4 Å². The Kier molecular flexibility index (Phi) is 4.74. The lowest BCUT2D eigenvalue weighted by Crippen LogP contribution is -2.71. The smallest absolute Gasteiger partial charge is 0.120 e. The van der Waals surface area contributed by atoms with Crippen molar-refractivity contribution in [1.29, 1.82) is 0 Å². The topological polar surface area (TPSA) is 27.6 Å². The van der Waals surface area contributed by atoms with Crippen LogP contribution >= 0.6 is 0 Å². The molecule has 0 aliphatic heterocycles. The van der Waals surface area contributed by atoms with E-state index in [-0.39, 0.29) is 5.54 Å². The zero-order valence-electron chi connectivity index (χ0n) is 9.73. The molecule has 0 bridgehead atoms. The van der Waals surface area contributed by atoms with Gasteiger partial charge >= 0.3 is 0 Å². The third-order valence-corrected chi connectivity index (χ3v) is 2.53. The summed E-state index contributed by atoms with van der Waals surface area (Å²) in [6, 6.07) is 10.2. The van der Waals surface area contributed by atoms with E-state index in [1.807, 2.05) is 30.4 Å². The van der Waals surface area contributed by atoms with Gasteiger partial charge in [-0.25, -0.2) is 0 Å². The summed E-state index contributed by atoms with van der Waals surface area (Å²) in [5.74, 6) is 0. The van der Waals surface area contributed by atoms with Crippen LogP contribution in [0.25, 0.3) is 6.08 Å². The highest BCUT2D eigenvalue weighted by Crippen LogP contribution is 2.15. The Balaban J connectivity index is 2.78. The molecular weight excluding hydrogens is 194 g/mol. The highest BCUT2D eigenvalue weighted by Gasteiger charge is 2.21. The van der Waals surface area contributed by atoms with Crippen molar-refractivity contribution in [2.75, 3.05) is 0 Å². The van der Waals surface area contributed by atoms with Gasteiger partial charge < -0.3 is 5.73 Å². The largest absolute Gasteiger partial charge is 0.349 e. The summed E-state index contributed by atoms with van der Waals surface area (Å²) >= 11 is 0. The van der Waals surface area contributed by atoms with Gasteiger partial charge in [0.25, 0.3) is 0 Å². The number of rotatable bonds is 6. The molecular formula is C15H20N+. The van der Waals surface area contributed by atoms with Crippen LogP contribution < -0.4 is 5.73 Å². The molecule has 3 N–H and O–H groups in total. The van der Waals surface area contributed by atoms with Crippen molar-refractivity contribution in [3.05, 3.63) is 67.3 Å². The Morgan fingerprint density at radius 3 is 2.12 bits per heavy atom. The molecule has 16 heavy (non-hydrogen) atoms. The predicted octanol–water partition coefficient (Wildman–Crippen LogP) is 2.83. The van der Waals surface area contributed by atoms with Gasteiger partial charge in [0.15, 0.2) is 0 Å². The molecule has 0 atom stereocenters. The SMILES string of the molecule is C=CCC([NH3+])(/C=C/c1ccccc1)CC=C. The highest BCUT2D eigenvalue weighted by atomic mass is 14.7. The normalized spacial score (nSPS) is 11.6. The summed E-state index contributed by atoms with van der Waals surface area (Å²) in [5.41, 5.74) is 5.32. The molecule has 84 valence electrons. The number of hydrogen-bond acceptors (Lipinski definition) is 0. The minimum Gasteiger partial charge on any atom is -0.349 e. The highest BCUT2D eigenvalue weighted by molar-refractivity contribution is 5.50. The Morgan fingerprint density at radius 2 is 1.62 bits per heavy atom. The molecule has 0 radical (unpaired) electrons. The summed E-state index contributed by atoms with van der Waals surface area (Å²) < 4.78 is 0. The fraction of sp³-hybridized carbons (Fsp3) is 0.200. The molecule has 0 fully saturated rings. The fourth-order valence-electron chi connectivity index (χ4n) is 1.63. The van der Waals surface area contributed by atoms with E-state index in [0.717, 1.165) is 12.8 Å². The maximum Gasteiger partial charge on any atom is 0.120 e. The third-order valence-electron chi connectivity index (χ3n) is 2.53. The number of hydrogen-bond donors (Lipinski definition) is 1. The van der Waals surface area contributed by atoms with Crippen molar-refractivity contribution >= 4 is 6.08 Å². The van der Waals surface area contributed by atoms with E-state index in [4.69, 9.17) is 0 Å². The average molecular weight is 214 g/mol. The minimum atomic E-state index is -0.112. The van der Waals surface area contributed by atoms with E-state index in [2.05, 4.69) is 43.2 Å². The van der Waals surface area contributed by atoms with Crippen LogP contribution in [0.15, 0.2) is 61.7 Å². The molecule has 1 aromatic rings. The van der Waals surface area contributed by atoms with E-state index >= 15 is 0 Å². The van der Waals surface area contributed by atoms with Gasteiger partial charge in [0.2, 0.25) is 0 Å². The molecule has 1 rings (SSSR count). The Morgan fingerprint density at radius 1 is 1.06 bits per heavy atom. The van der Waals surface area contributed by atoms with Gasteiger partial charge in [0, 0.05) is 12.8 Å². The lowest BCUT2D eigenvalue weighted by molar-refractivity contribution is -0.456. The van der Waals surface area contributed by atoms with E-state index in [1.54, 1.807) is 0 Å². The third kappa shape index (κ3) is 3.87. The second kappa shape index (κ2) is 6.09. The zero-order valence-corrected chi connectivity index (χ0v) is 9.73. The standard InChI is InChI=1S/C15H19N/c1-3-11-15(16,12-4-2)13-10-14-8-6-5-7-9-14/h3-10,13H,1-2,11-12,16H2/p+1/b13-10+. The van der Waals surface area contributed by atoms with Crippen molar-refractivity contribution in [1.82, 2.24) is 0 Å². The van der Waals surface area contributed by atoms with Crippen molar-refractivity contribution in [3.8, 4) is 0 Å². The minimum absolute atomic E-state index is 0.112.